The van der Waals surface area contributed by atoms with Crippen LogP contribution in [-0.2, 0) is 9.59 Å². The van der Waals surface area contributed by atoms with E-state index in [0.717, 1.165) is 22.6 Å². The van der Waals surface area contributed by atoms with Gasteiger partial charge in [0.05, 0.1) is 12.8 Å². The van der Waals surface area contributed by atoms with E-state index in [1.165, 1.54) is 6.21 Å². The summed E-state index contributed by atoms with van der Waals surface area (Å²) in [5.41, 5.74) is 4.97. The Morgan fingerprint density at radius 1 is 1.08 bits per heavy atom. The second-order valence-corrected chi connectivity index (χ2v) is 5.66. The van der Waals surface area contributed by atoms with E-state index in [9.17, 15) is 9.59 Å². The van der Waals surface area contributed by atoms with Gasteiger partial charge in [-0.2, -0.15) is 5.10 Å². The Hall–Kier alpha value is -3.15. The number of aryl methyl sites for hydroxylation is 1. The van der Waals surface area contributed by atoms with E-state index in [-0.39, 0.29) is 24.7 Å². The van der Waals surface area contributed by atoms with Gasteiger partial charge < -0.3 is 10.1 Å². The topological polar surface area (TPSA) is 79.8 Å². The monoisotopic (exact) mass is 353 g/mol. The first kappa shape index (κ1) is 19.2. The van der Waals surface area contributed by atoms with Gasteiger partial charge in [0.2, 0.25) is 11.8 Å². The number of carbonyl (C=O) groups is 2. The van der Waals surface area contributed by atoms with Crippen molar-refractivity contribution in [3.8, 4) is 5.75 Å². The van der Waals surface area contributed by atoms with Crippen LogP contribution in [0.2, 0.25) is 0 Å². The molecule has 0 bridgehead atoms. The van der Waals surface area contributed by atoms with Gasteiger partial charge in [-0.15, -0.1) is 0 Å². The van der Waals surface area contributed by atoms with Crippen molar-refractivity contribution < 1.29 is 14.3 Å². The molecule has 0 aliphatic heterocycles. The van der Waals surface area contributed by atoms with Crippen molar-refractivity contribution in [3.05, 3.63) is 59.7 Å². The lowest BCUT2D eigenvalue weighted by atomic mass is 10.2. The summed E-state index contributed by atoms with van der Waals surface area (Å²) in [5, 5.41) is 6.70. The van der Waals surface area contributed by atoms with Crippen LogP contribution in [0.1, 0.15) is 30.9 Å². The molecule has 0 heterocycles. The van der Waals surface area contributed by atoms with Crippen molar-refractivity contribution in [2.24, 2.45) is 5.10 Å². The van der Waals surface area contributed by atoms with Crippen LogP contribution in [0.25, 0.3) is 0 Å². The van der Waals surface area contributed by atoms with Crippen LogP contribution in [0, 0.1) is 6.92 Å². The normalized spacial score (nSPS) is 10.5. The van der Waals surface area contributed by atoms with Crippen LogP contribution in [0.3, 0.4) is 0 Å². The quantitative estimate of drug-likeness (QED) is 0.565. The van der Waals surface area contributed by atoms with Gasteiger partial charge in [0.1, 0.15) is 5.75 Å². The third kappa shape index (κ3) is 6.39. The van der Waals surface area contributed by atoms with Crippen LogP contribution in [0.5, 0.6) is 5.75 Å². The largest absolute Gasteiger partial charge is 0.494 e. The SMILES string of the molecule is CCOc1cccc(C=NNC(=O)CCC(=O)Nc2ccccc2C)c1. The summed E-state index contributed by atoms with van der Waals surface area (Å²) in [7, 11) is 0. The molecule has 0 radical (unpaired) electrons. The summed E-state index contributed by atoms with van der Waals surface area (Å²) >= 11 is 0. The lowest BCUT2D eigenvalue weighted by molar-refractivity contribution is -0.124. The first-order chi connectivity index (χ1) is 12.6. The fourth-order valence-corrected chi connectivity index (χ4v) is 2.24. The summed E-state index contributed by atoms with van der Waals surface area (Å²) in [6.45, 7) is 4.41. The molecular weight excluding hydrogens is 330 g/mol. The number of hydrogen-bond acceptors (Lipinski definition) is 4. The van der Waals surface area contributed by atoms with Crippen LogP contribution in [0.15, 0.2) is 53.6 Å². The zero-order valence-electron chi connectivity index (χ0n) is 15.0. The van der Waals surface area contributed by atoms with Crippen molar-refractivity contribution in [1.82, 2.24) is 5.43 Å². The first-order valence-corrected chi connectivity index (χ1v) is 8.48. The maximum Gasteiger partial charge on any atom is 0.240 e. The summed E-state index contributed by atoms with van der Waals surface area (Å²) < 4.78 is 5.40. The Kier molecular flexibility index (Phi) is 7.36. The van der Waals surface area contributed by atoms with E-state index in [1.807, 2.05) is 62.4 Å². The molecule has 2 aromatic rings. The average molecular weight is 353 g/mol. The molecule has 0 aliphatic carbocycles. The van der Waals surface area contributed by atoms with E-state index in [4.69, 9.17) is 4.74 Å². The van der Waals surface area contributed by atoms with Gasteiger partial charge in [-0.1, -0.05) is 30.3 Å². The molecule has 0 saturated heterocycles. The van der Waals surface area contributed by atoms with E-state index in [2.05, 4.69) is 15.8 Å². The van der Waals surface area contributed by atoms with Crippen LogP contribution in [-0.4, -0.2) is 24.6 Å². The highest BCUT2D eigenvalue weighted by Gasteiger charge is 2.07. The lowest BCUT2D eigenvalue weighted by Crippen LogP contribution is -2.20. The molecule has 26 heavy (non-hydrogen) atoms. The van der Waals surface area contributed by atoms with Crippen LogP contribution < -0.4 is 15.5 Å². The molecule has 0 atom stereocenters. The number of hydrazone groups is 1. The predicted octanol–water partition coefficient (Wildman–Crippen LogP) is 3.26. The maximum atomic E-state index is 11.9. The van der Waals surface area contributed by atoms with Gasteiger partial charge in [-0.25, -0.2) is 5.43 Å². The number of nitrogens with one attached hydrogen (secondary N) is 2. The number of hydrogen-bond donors (Lipinski definition) is 2. The first-order valence-electron chi connectivity index (χ1n) is 8.48. The van der Waals surface area contributed by atoms with Crippen molar-refractivity contribution in [1.29, 1.82) is 0 Å². The van der Waals surface area contributed by atoms with Crippen molar-refractivity contribution in [3.63, 3.8) is 0 Å². The molecule has 0 saturated carbocycles. The average Bonchev–Trinajstić information content (AvgIpc) is 2.63. The van der Waals surface area contributed by atoms with Crippen molar-refractivity contribution >= 4 is 23.7 Å². The minimum absolute atomic E-state index is 0.0635. The molecule has 0 aromatic heterocycles. The molecule has 0 unspecified atom stereocenters. The van der Waals surface area contributed by atoms with Gasteiger partial charge in [0.15, 0.2) is 0 Å². The summed E-state index contributed by atoms with van der Waals surface area (Å²) in [6, 6.07) is 14.9. The van der Waals surface area contributed by atoms with E-state index in [1.54, 1.807) is 0 Å². The minimum atomic E-state index is -0.317. The molecule has 2 N–H and O–H groups in total. The number of amides is 2. The number of nitrogens with zero attached hydrogens (tertiary/aromatic N) is 1. The summed E-state index contributed by atoms with van der Waals surface area (Å²) in [5.74, 6) is 0.223. The second kappa shape index (κ2) is 9.98. The highest BCUT2D eigenvalue weighted by atomic mass is 16.5. The molecule has 0 fully saturated rings. The Bertz CT molecular complexity index is 787. The summed E-state index contributed by atoms with van der Waals surface area (Å²) in [6.07, 6.45) is 1.69. The minimum Gasteiger partial charge on any atom is -0.494 e. The Morgan fingerprint density at radius 3 is 2.62 bits per heavy atom. The van der Waals surface area contributed by atoms with E-state index >= 15 is 0 Å². The maximum absolute atomic E-state index is 11.9. The van der Waals surface area contributed by atoms with Crippen LogP contribution in [0.4, 0.5) is 5.69 Å². The Balaban J connectivity index is 1.75. The standard InChI is InChI=1S/C20H23N3O3/c1-3-26-17-9-6-8-16(13-17)14-21-23-20(25)12-11-19(24)22-18-10-5-4-7-15(18)2/h4-10,13-14H,3,11-12H2,1-2H3,(H,22,24)(H,23,25). The molecule has 2 aromatic carbocycles. The number of carbonyl (C=O) groups excluding carboxylic acids is 2. The van der Waals surface area contributed by atoms with Gasteiger partial charge in [-0.3, -0.25) is 9.59 Å². The third-order valence-electron chi connectivity index (χ3n) is 3.57. The zero-order chi connectivity index (χ0) is 18.8. The van der Waals surface area contributed by atoms with Crippen LogP contribution >= 0.6 is 0 Å². The molecule has 0 aliphatic rings. The van der Waals surface area contributed by atoms with Gasteiger partial charge >= 0.3 is 0 Å². The number of rotatable bonds is 8. The molecule has 2 rings (SSSR count). The Labute approximate surface area is 153 Å². The van der Waals surface area contributed by atoms with Gasteiger partial charge in [0.25, 0.3) is 0 Å². The molecule has 6 heteroatoms. The van der Waals surface area contributed by atoms with Crippen molar-refractivity contribution in [2.75, 3.05) is 11.9 Å². The van der Waals surface area contributed by atoms with E-state index in [0.29, 0.717) is 6.61 Å². The van der Waals surface area contributed by atoms with Crippen molar-refractivity contribution in [2.45, 2.75) is 26.7 Å². The highest BCUT2D eigenvalue weighted by Crippen LogP contribution is 2.13. The molecule has 6 nitrogen and oxygen atoms in total. The smallest absolute Gasteiger partial charge is 0.240 e. The highest BCUT2D eigenvalue weighted by molar-refractivity contribution is 5.94. The number of benzene rings is 2. The number of anilines is 1. The number of ether oxygens (including phenoxy) is 1. The van der Waals surface area contributed by atoms with Gasteiger partial charge in [0, 0.05) is 18.5 Å². The lowest BCUT2D eigenvalue weighted by Gasteiger charge is -2.07. The second-order valence-electron chi connectivity index (χ2n) is 5.66. The molecule has 2 amide bonds. The molecular formula is C20H23N3O3. The predicted molar refractivity (Wildman–Crippen MR) is 102 cm³/mol. The van der Waals surface area contributed by atoms with Gasteiger partial charge in [-0.05, 0) is 43.2 Å². The van der Waals surface area contributed by atoms with E-state index < -0.39 is 0 Å². The molecule has 136 valence electrons. The zero-order valence-corrected chi connectivity index (χ0v) is 15.0. The summed E-state index contributed by atoms with van der Waals surface area (Å²) in [4.78, 5) is 23.7. The fraction of sp³-hybridized carbons (Fsp3) is 0.250. The third-order valence-corrected chi connectivity index (χ3v) is 3.57. The molecule has 0 spiro atoms. The fourth-order valence-electron chi connectivity index (χ4n) is 2.24. The Morgan fingerprint density at radius 2 is 1.85 bits per heavy atom. The number of para-hydroxylation sites is 1.